The first-order chi connectivity index (χ1) is 15.7. The summed E-state index contributed by atoms with van der Waals surface area (Å²) < 4.78 is 7.11. The highest BCUT2D eigenvalue weighted by molar-refractivity contribution is 5.94. The predicted octanol–water partition coefficient (Wildman–Crippen LogP) is 5.82. The number of hydrogen-bond acceptors (Lipinski definition) is 4. The lowest BCUT2D eigenvalue weighted by molar-refractivity contribution is 0.0698. The van der Waals surface area contributed by atoms with Gasteiger partial charge in [0.05, 0.1) is 19.0 Å². The summed E-state index contributed by atoms with van der Waals surface area (Å²) in [6.45, 7) is 0. The van der Waals surface area contributed by atoms with E-state index in [9.17, 15) is 9.90 Å². The highest BCUT2D eigenvalue weighted by Gasteiger charge is 2.25. The number of carbonyl (C=O) groups is 1. The van der Waals surface area contributed by atoms with Crippen molar-refractivity contribution in [3.8, 4) is 28.0 Å². The topological polar surface area (TPSA) is 76.7 Å². The molecule has 1 saturated carbocycles. The first kappa shape index (κ1) is 20.2. The second kappa shape index (κ2) is 8.46. The second-order valence-corrected chi connectivity index (χ2v) is 8.30. The first-order valence-electron chi connectivity index (χ1n) is 11.0. The largest absolute Gasteiger partial charge is 0.497 e. The van der Waals surface area contributed by atoms with Crippen molar-refractivity contribution in [2.24, 2.45) is 0 Å². The number of ether oxygens (including phenoxy) is 1. The normalized spacial score (nSPS) is 14.5. The molecule has 6 nitrogen and oxygen atoms in total. The molecule has 0 atom stereocenters. The zero-order chi connectivity index (χ0) is 22.1. The molecule has 5 rings (SSSR count). The van der Waals surface area contributed by atoms with Crippen LogP contribution >= 0.6 is 0 Å². The Hall–Kier alpha value is -3.67. The van der Waals surface area contributed by atoms with Crippen molar-refractivity contribution < 1.29 is 14.6 Å². The molecule has 6 heteroatoms. The number of nitrogens with zero attached hydrogens (tertiary/aromatic N) is 3. The Bertz CT molecular complexity index is 1270. The van der Waals surface area contributed by atoms with E-state index in [0.717, 1.165) is 46.5 Å². The molecule has 4 aromatic rings. The van der Waals surface area contributed by atoms with Gasteiger partial charge in [0.25, 0.3) is 0 Å². The Balaban J connectivity index is 1.60. The summed E-state index contributed by atoms with van der Waals surface area (Å²) >= 11 is 0. The summed E-state index contributed by atoms with van der Waals surface area (Å²) in [4.78, 5) is 16.1. The van der Waals surface area contributed by atoms with Gasteiger partial charge in [0.2, 0.25) is 0 Å². The molecule has 0 spiro atoms. The predicted molar refractivity (Wildman–Crippen MR) is 123 cm³/mol. The molecule has 2 aromatic heterocycles. The number of aromatic carboxylic acids is 1. The third-order valence-corrected chi connectivity index (χ3v) is 6.39. The Morgan fingerprint density at radius 1 is 1.00 bits per heavy atom. The van der Waals surface area contributed by atoms with Crippen molar-refractivity contribution in [3.63, 3.8) is 0 Å². The molecule has 162 valence electrons. The Kier molecular flexibility index (Phi) is 5.35. The van der Waals surface area contributed by atoms with Crippen LogP contribution in [0.15, 0.2) is 60.9 Å². The molecule has 32 heavy (non-hydrogen) atoms. The second-order valence-electron chi connectivity index (χ2n) is 8.30. The van der Waals surface area contributed by atoms with Crippen LogP contribution in [0, 0.1) is 0 Å². The molecule has 2 heterocycles. The minimum atomic E-state index is -1.00. The maximum atomic E-state index is 11.6. The fraction of sp³-hybridized carbons (Fsp3) is 0.269. The van der Waals surface area contributed by atoms with Gasteiger partial charge in [0.15, 0.2) is 5.65 Å². The number of hydrogen-bond donors (Lipinski definition) is 1. The van der Waals surface area contributed by atoms with Gasteiger partial charge in [0, 0.05) is 17.7 Å². The Labute approximate surface area is 186 Å². The highest BCUT2D eigenvalue weighted by atomic mass is 16.5. The quantitative estimate of drug-likeness (QED) is 0.434. The van der Waals surface area contributed by atoms with Crippen LogP contribution in [-0.4, -0.2) is 32.8 Å². The summed E-state index contributed by atoms with van der Waals surface area (Å²) in [5.41, 5.74) is 5.89. The summed E-state index contributed by atoms with van der Waals surface area (Å²) in [6.07, 6.45) is 8.98. The molecule has 0 bridgehead atoms. The molecular formula is C26H25N3O3. The average molecular weight is 428 g/mol. The SMILES string of the molecule is COc1cccc(-c2ccc(-c3cnc4c(C(=O)O)cnn4c3C3CCCCC3)cc2)c1. The zero-order valence-corrected chi connectivity index (χ0v) is 18.0. The average Bonchev–Trinajstić information content (AvgIpc) is 3.29. The van der Waals surface area contributed by atoms with Crippen molar-refractivity contribution in [2.45, 2.75) is 38.0 Å². The van der Waals surface area contributed by atoms with E-state index in [-0.39, 0.29) is 5.56 Å². The lowest BCUT2D eigenvalue weighted by Crippen LogP contribution is -2.13. The summed E-state index contributed by atoms with van der Waals surface area (Å²) in [5.74, 6) is 0.162. The van der Waals surface area contributed by atoms with Gasteiger partial charge in [-0.1, -0.05) is 55.7 Å². The first-order valence-corrected chi connectivity index (χ1v) is 11.0. The van der Waals surface area contributed by atoms with Crippen molar-refractivity contribution in [2.75, 3.05) is 7.11 Å². The molecule has 0 saturated heterocycles. The minimum absolute atomic E-state index is 0.141. The molecule has 1 aliphatic rings. The summed E-state index contributed by atoms with van der Waals surface area (Å²) in [5, 5.41) is 14.0. The number of fused-ring (bicyclic) bond motifs is 1. The molecule has 0 aliphatic heterocycles. The standard InChI is InChI=1S/C26H25N3O3/c1-32-21-9-5-8-20(14-21)17-10-12-18(13-11-17)22-15-27-25-23(26(30)31)16-28-29(25)24(22)19-6-3-2-4-7-19/h5,8-16,19H,2-4,6-7H2,1H3,(H,30,31). The van der Waals surface area contributed by atoms with E-state index in [2.05, 4.69) is 40.4 Å². The van der Waals surface area contributed by atoms with Crippen LogP contribution < -0.4 is 4.74 Å². The number of carboxylic acids is 1. The van der Waals surface area contributed by atoms with E-state index in [1.54, 1.807) is 11.6 Å². The molecule has 0 radical (unpaired) electrons. The number of rotatable bonds is 5. The molecule has 1 fully saturated rings. The Morgan fingerprint density at radius 3 is 2.47 bits per heavy atom. The van der Waals surface area contributed by atoms with Crippen LogP contribution in [0.4, 0.5) is 0 Å². The van der Waals surface area contributed by atoms with Crippen LogP contribution in [0.2, 0.25) is 0 Å². The molecule has 0 unspecified atom stereocenters. The Morgan fingerprint density at radius 2 is 1.75 bits per heavy atom. The van der Waals surface area contributed by atoms with Crippen molar-refractivity contribution in [3.05, 3.63) is 72.2 Å². The molecule has 2 aromatic carbocycles. The summed E-state index contributed by atoms with van der Waals surface area (Å²) in [6, 6.07) is 16.4. The molecule has 1 N–H and O–H groups in total. The third-order valence-electron chi connectivity index (χ3n) is 6.39. The minimum Gasteiger partial charge on any atom is -0.497 e. The van der Waals surface area contributed by atoms with E-state index >= 15 is 0 Å². The highest BCUT2D eigenvalue weighted by Crippen LogP contribution is 2.38. The lowest BCUT2D eigenvalue weighted by Gasteiger charge is -2.25. The zero-order valence-electron chi connectivity index (χ0n) is 18.0. The van der Waals surface area contributed by atoms with Gasteiger partial charge in [-0.3, -0.25) is 0 Å². The van der Waals surface area contributed by atoms with E-state index < -0.39 is 5.97 Å². The van der Waals surface area contributed by atoms with Crippen LogP contribution in [0.1, 0.15) is 54.1 Å². The van der Waals surface area contributed by atoms with Gasteiger partial charge < -0.3 is 9.84 Å². The van der Waals surface area contributed by atoms with E-state index in [0.29, 0.717) is 11.6 Å². The maximum Gasteiger partial charge on any atom is 0.341 e. The van der Waals surface area contributed by atoms with Gasteiger partial charge in [-0.15, -0.1) is 0 Å². The van der Waals surface area contributed by atoms with Gasteiger partial charge in [-0.2, -0.15) is 5.10 Å². The monoisotopic (exact) mass is 427 g/mol. The number of aromatic nitrogens is 3. The summed E-state index contributed by atoms with van der Waals surface area (Å²) in [7, 11) is 1.67. The van der Waals surface area contributed by atoms with Crippen LogP contribution in [0.5, 0.6) is 5.75 Å². The van der Waals surface area contributed by atoms with Crippen molar-refractivity contribution >= 4 is 11.6 Å². The molecular weight excluding hydrogens is 402 g/mol. The third kappa shape index (κ3) is 3.62. The number of methoxy groups -OCH3 is 1. The fourth-order valence-electron chi connectivity index (χ4n) is 4.74. The van der Waals surface area contributed by atoms with Crippen LogP contribution in [-0.2, 0) is 0 Å². The van der Waals surface area contributed by atoms with Crippen LogP contribution in [0.3, 0.4) is 0 Å². The molecule has 0 amide bonds. The lowest BCUT2D eigenvalue weighted by atomic mass is 9.84. The van der Waals surface area contributed by atoms with Crippen LogP contribution in [0.25, 0.3) is 27.9 Å². The number of carboxylic acid groups (broad SMARTS) is 1. The molecule has 1 aliphatic carbocycles. The van der Waals surface area contributed by atoms with Gasteiger partial charge >= 0.3 is 5.97 Å². The van der Waals surface area contributed by atoms with Gasteiger partial charge in [-0.05, 0) is 41.7 Å². The van der Waals surface area contributed by atoms with Gasteiger partial charge in [-0.25, -0.2) is 14.3 Å². The van der Waals surface area contributed by atoms with Gasteiger partial charge in [0.1, 0.15) is 11.3 Å². The number of benzene rings is 2. The van der Waals surface area contributed by atoms with E-state index in [4.69, 9.17) is 4.74 Å². The smallest absolute Gasteiger partial charge is 0.341 e. The van der Waals surface area contributed by atoms with Crippen molar-refractivity contribution in [1.29, 1.82) is 0 Å². The maximum absolute atomic E-state index is 11.6. The fourth-order valence-corrected chi connectivity index (χ4v) is 4.74. The van der Waals surface area contributed by atoms with Crippen molar-refractivity contribution in [1.82, 2.24) is 14.6 Å². The van der Waals surface area contributed by atoms with E-state index in [1.165, 1.54) is 25.5 Å². The van der Waals surface area contributed by atoms with E-state index in [1.807, 2.05) is 24.4 Å².